The fourth-order valence-electron chi connectivity index (χ4n) is 1.71. The van der Waals surface area contributed by atoms with Gasteiger partial charge in [0.25, 0.3) is 0 Å². The Morgan fingerprint density at radius 1 is 1.47 bits per heavy atom. The van der Waals surface area contributed by atoms with Gasteiger partial charge in [0.15, 0.2) is 8.32 Å². The van der Waals surface area contributed by atoms with Crippen molar-refractivity contribution in [2.75, 3.05) is 11.9 Å². The Bertz CT molecular complexity index is 289. The van der Waals surface area contributed by atoms with Crippen molar-refractivity contribution in [3.8, 4) is 0 Å². The normalized spacial score (nSPS) is 22.4. The first-order valence-corrected chi connectivity index (χ1v) is 10.3. The number of amides is 1. The van der Waals surface area contributed by atoms with E-state index in [9.17, 15) is 4.79 Å². The Morgan fingerprint density at radius 3 is 2.53 bits per heavy atom. The molecule has 0 N–H and O–H groups in total. The zero-order valence-electron chi connectivity index (χ0n) is 11.5. The van der Waals surface area contributed by atoms with E-state index in [0.29, 0.717) is 6.42 Å². The maximum absolute atomic E-state index is 11.8. The summed E-state index contributed by atoms with van der Waals surface area (Å²) >= 11 is 3.40. The lowest BCUT2D eigenvalue weighted by Crippen LogP contribution is -2.48. The van der Waals surface area contributed by atoms with E-state index >= 15 is 0 Å². The van der Waals surface area contributed by atoms with Gasteiger partial charge in [0.1, 0.15) is 6.23 Å². The smallest absolute Gasteiger partial charge is 0.224 e. The summed E-state index contributed by atoms with van der Waals surface area (Å²) in [6.07, 6.45) is 1.48. The van der Waals surface area contributed by atoms with E-state index in [0.717, 1.165) is 18.3 Å². The third-order valence-electron chi connectivity index (χ3n) is 3.84. The van der Waals surface area contributed by atoms with Crippen LogP contribution >= 0.6 is 15.9 Å². The predicted octanol–water partition coefficient (Wildman–Crippen LogP) is 3.35. The van der Waals surface area contributed by atoms with Gasteiger partial charge in [-0.25, -0.2) is 0 Å². The number of hydrogen-bond acceptors (Lipinski definition) is 2. The third-order valence-corrected chi connectivity index (χ3v) is 8.66. The highest BCUT2D eigenvalue weighted by atomic mass is 79.9. The van der Waals surface area contributed by atoms with Crippen LogP contribution in [0.3, 0.4) is 0 Å². The molecule has 1 atom stereocenters. The first-order chi connectivity index (χ1) is 7.69. The van der Waals surface area contributed by atoms with E-state index in [1.807, 2.05) is 4.90 Å². The van der Waals surface area contributed by atoms with E-state index in [1.54, 1.807) is 0 Å². The van der Waals surface area contributed by atoms with Crippen LogP contribution in [0.5, 0.6) is 0 Å². The molecule has 1 amide bonds. The topological polar surface area (TPSA) is 29.5 Å². The third kappa shape index (κ3) is 3.55. The van der Waals surface area contributed by atoms with Crippen LogP contribution in [0.4, 0.5) is 0 Å². The molecule has 1 rings (SSSR count). The van der Waals surface area contributed by atoms with E-state index in [-0.39, 0.29) is 17.2 Å². The number of hydrogen-bond donors (Lipinski definition) is 0. The molecule has 0 aromatic rings. The largest absolute Gasteiger partial charge is 0.397 e. The van der Waals surface area contributed by atoms with Gasteiger partial charge in [0.2, 0.25) is 5.91 Å². The highest BCUT2D eigenvalue weighted by Crippen LogP contribution is 2.39. The van der Waals surface area contributed by atoms with Crippen LogP contribution in [0.1, 0.15) is 33.6 Å². The fraction of sp³-hybridized carbons (Fsp3) is 0.917. The van der Waals surface area contributed by atoms with Crippen molar-refractivity contribution in [3.63, 3.8) is 0 Å². The molecule has 0 saturated carbocycles. The average molecular weight is 322 g/mol. The maximum Gasteiger partial charge on any atom is 0.224 e. The first kappa shape index (κ1) is 15.2. The van der Waals surface area contributed by atoms with Gasteiger partial charge in [-0.05, 0) is 18.1 Å². The summed E-state index contributed by atoms with van der Waals surface area (Å²) < 4.78 is 6.32. The number of halogens is 1. The Hall–Kier alpha value is 0.127. The molecule has 1 heterocycles. The number of rotatable bonds is 4. The van der Waals surface area contributed by atoms with Gasteiger partial charge in [0, 0.05) is 24.7 Å². The summed E-state index contributed by atoms with van der Waals surface area (Å²) in [5.41, 5.74) is 0. The number of likely N-dealkylation sites (tertiary alicyclic amines) is 1. The molecule has 100 valence electrons. The summed E-state index contributed by atoms with van der Waals surface area (Å²) in [6.45, 7) is 11.9. The van der Waals surface area contributed by atoms with E-state index in [1.165, 1.54) is 0 Å². The molecule has 0 spiro atoms. The zero-order valence-corrected chi connectivity index (χ0v) is 14.1. The minimum absolute atomic E-state index is 0.000872. The van der Waals surface area contributed by atoms with Crippen LogP contribution in [-0.4, -0.2) is 37.2 Å². The Labute approximate surface area is 114 Å². The lowest BCUT2D eigenvalue weighted by Gasteiger charge is -2.40. The van der Waals surface area contributed by atoms with Gasteiger partial charge in [-0.2, -0.15) is 0 Å². The molecule has 1 aliphatic heterocycles. The maximum atomic E-state index is 11.8. The van der Waals surface area contributed by atoms with E-state index < -0.39 is 8.32 Å². The molecule has 0 aromatic carbocycles. The second-order valence-corrected chi connectivity index (χ2v) is 11.7. The van der Waals surface area contributed by atoms with Gasteiger partial charge in [0.05, 0.1) is 0 Å². The predicted molar refractivity (Wildman–Crippen MR) is 76.8 cm³/mol. The molecule has 0 unspecified atom stereocenters. The van der Waals surface area contributed by atoms with Crippen LogP contribution in [0, 0.1) is 0 Å². The first-order valence-electron chi connectivity index (χ1n) is 6.22. The summed E-state index contributed by atoms with van der Waals surface area (Å²) in [6, 6.07) is 0. The monoisotopic (exact) mass is 321 g/mol. The van der Waals surface area contributed by atoms with Crippen LogP contribution in [0.15, 0.2) is 0 Å². The number of alkyl halides is 1. The van der Waals surface area contributed by atoms with Gasteiger partial charge in [-0.15, -0.1) is 0 Å². The van der Waals surface area contributed by atoms with Crippen LogP contribution in [-0.2, 0) is 9.22 Å². The minimum atomic E-state index is -1.78. The van der Waals surface area contributed by atoms with Crippen LogP contribution in [0.25, 0.3) is 0 Å². The molecule has 5 heteroatoms. The van der Waals surface area contributed by atoms with Gasteiger partial charge < -0.3 is 9.33 Å². The van der Waals surface area contributed by atoms with Crippen LogP contribution in [0.2, 0.25) is 18.1 Å². The highest BCUT2D eigenvalue weighted by Gasteiger charge is 2.42. The van der Waals surface area contributed by atoms with Crippen molar-refractivity contribution in [3.05, 3.63) is 0 Å². The molecule has 0 bridgehead atoms. The van der Waals surface area contributed by atoms with Crippen molar-refractivity contribution < 1.29 is 9.22 Å². The van der Waals surface area contributed by atoms with E-state index in [2.05, 4.69) is 49.8 Å². The molecule has 1 aliphatic rings. The average Bonchev–Trinajstić information content (AvgIpc) is 2.48. The Balaban J connectivity index is 2.71. The molecule has 1 saturated heterocycles. The zero-order chi connectivity index (χ0) is 13.3. The molecule has 0 aliphatic carbocycles. The minimum Gasteiger partial charge on any atom is -0.397 e. The number of carbonyl (C=O) groups excluding carboxylic acids is 1. The van der Waals surface area contributed by atoms with Gasteiger partial charge in [-0.1, -0.05) is 36.7 Å². The highest BCUT2D eigenvalue weighted by molar-refractivity contribution is 9.09. The summed E-state index contributed by atoms with van der Waals surface area (Å²) in [4.78, 5) is 13.6. The molecular formula is C12H24BrNO2Si. The summed E-state index contributed by atoms with van der Waals surface area (Å²) in [7, 11) is -1.78. The molecule has 0 radical (unpaired) electrons. The molecule has 17 heavy (non-hydrogen) atoms. The standard InChI is InChI=1S/C12H24BrNO2Si/c1-12(2,3)17(4,5)16-11-7-6-10(15)14(11)9-8-13/h11H,6-9H2,1-5H3/t11-/m1/s1. The quantitative estimate of drug-likeness (QED) is 0.587. The van der Waals surface area contributed by atoms with Crippen molar-refractivity contribution in [2.45, 2.75) is 58.0 Å². The van der Waals surface area contributed by atoms with Crippen LogP contribution < -0.4 is 0 Å². The van der Waals surface area contributed by atoms with E-state index in [4.69, 9.17) is 4.43 Å². The van der Waals surface area contributed by atoms with Crippen molar-refractivity contribution in [1.29, 1.82) is 0 Å². The van der Waals surface area contributed by atoms with Gasteiger partial charge >= 0.3 is 0 Å². The van der Waals surface area contributed by atoms with Crippen molar-refractivity contribution >= 4 is 30.2 Å². The lowest BCUT2D eigenvalue weighted by atomic mass is 10.2. The lowest BCUT2D eigenvalue weighted by molar-refractivity contribution is -0.132. The number of nitrogens with zero attached hydrogens (tertiary/aromatic N) is 1. The molecule has 3 nitrogen and oxygen atoms in total. The van der Waals surface area contributed by atoms with Crippen molar-refractivity contribution in [1.82, 2.24) is 4.90 Å². The van der Waals surface area contributed by atoms with Crippen molar-refractivity contribution in [2.24, 2.45) is 0 Å². The second kappa shape index (κ2) is 5.41. The molecule has 0 aromatic heterocycles. The Kier molecular flexibility index (Phi) is 4.83. The van der Waals surface area contributed by atoms with Gasteiger partial charge in [-0.3, -0.25) is 4.79 Å². The molecule has 1 fully saturated rings. The molecular weight excluding hydrogens is 298 g/mol. The SMILES string of the molecule is CC(C)(C)[Si](C)(C)O[C@@H]1CCC(=O)N1CCBr. The second-order valence-electron chi connectivity index (χ2n) is 6.15. The Morgan fingerprint density at radius 2 is 2.06 bits per heavy atom. The summed E-state index contributed by atoms with van der Waals surface area (Å²) in [5.74, 6) is 0.230. The number of carbonyl (C=O) groups is 1. The fourth-order valence-corrected chi connectivity index (χ4v) is 3.37. The summed E-state index contributed by atoms with van der Waals surface area (Å²) in [5, 5.41) is 1.01.